The van der Waals surface area contributed by atoms with Gasteiger partial charge >= 0.3 is 0 Å². The van der Waals surface area contributed by atoms with Gasteiger partial charge in [-0.05, 0) is 20.3 Å². The molecule has 0 bridgehead atoms. The highest BCUT2D eigenvalue weighted by Crippen LogP contribution is 2.20. The van der Waals surface area contributed by atoms with Crippen LogP contribution in [0.2, 0.25) is 0 Å². The van der Waals surface area contributed by atoms with Crippen LogP contribution in [0.3, 0.4) is 0 Å². The predicted molar refractivity (Wildman–Crippen MR) is 52.5 cm³/mol. The highest BCUT2D eigenvalue weighted by atomic mass is 15.4. The molecule has 0 N–H and O–H groups in total. The van der Waals surface area contributed by atoms with E-state index in [9.17, 15) is 0 Å². The van der Waals surface area contributed by atoms with Crippen LogP contribution in [0.5, 0.6) is 0 Å². The quantitative estimate of drug-likeness (QED) is 0.661. The number of nitrogens with zero attached hydrogens (tertiary/aromatic N) is 3. The molecule has 1 aliphatic rings. The van der Waals surface area contributed by atoms with Gasteiger partial charge in [0.15, 0.2) is 0 Å². The zero-order valence-electron chi connectivity index (χ0n) is 8.57. The third-order valence-electron chi connectivity index (χ3n) is 2.52. The fraction of sp³-hybridized carbons (Fsp3) is 0.700. The molecule has 0 saturated carbocycles. The molecule has 0 radical (unpaired) electrons. The summed E-state index contributed by atoms with van der Waals surface area (Å²) in [6.45, 7) is 7.22. The molecule has 0 fully saturated rings. The van der Waals surface area contributed by atoms with Gasteiger partial charge in [0.2, 0.25) is 0 Å². The Morgan fingerprint density at radius 2 is 2.15 bits per heavy atom. The van der Waals surface area contributed by atoms with Gasteiger partial charge < -0.3 is 9.80 Å². The van der Waals surface area contributed by atoms with E-state index in [-0.39, 0.29) is 6.04 Å². The normalized spacial score (nSPS) is 23.4. The van der Waals surface area contributed by atoms with Crippen molar-refractivity contribution in [2.75, 3.05) is 6.54 Å². The van der Waals surface area contributed by atoms with Gasteiger partial charge in [0, 0.05) is 18.9 Å². The molecule has 13 heavy (non-hydrogen) atoms. The van der Waals surface area contributed by atoms with Crippen LogP contribution in [0.25, 0.3) is 0 Å². The first-order valence-electron chi connectivity index (χ1n) is 4.85. The second-order valence-corrected chi connectivity index (χ2v) is 3.27. The fourth-order valence-corrected chi connectivity index (χ4v) is 1.75. The zero-order valence-corrected chi connectivity index (χ0v) is 8.57. The van der Waals surface area contributed by atoms with Gasteiger partial charge in [0.1, 0.15) is 12.2 Å². The summed E-state index contributed by atoms with van der Waals surface area (Å²) in [6.07, 6.45) is 5.51. The van der Waals surface area contributed by atoms with Gasteiger partial charge in [-0.2, -0.15) is 5.26 Å². The SMILES string of the molecule is CCC1N(CC)C=CN1C(C)C#N. The Bertz CT molecular complexity index is 229. The lowest BCUT2D eigenvalue weighted by Gasteiger charge is -2.32. The number of nitriles is 1. The van der Waals surface area contributed by atoms with Crippen molar-refractivity contribution in [2.24, 2.45) is 0 Å². The van der Waals surface area contributed by atoms with Crippen molar-refractivity contribution >= 4 is 0 Å². The van der Waals surface area contributed by atoms with Gasteiger partial charge in [0.05, 0.1) is 6.07 Å². The first-order chi connectivity index (χ1) is 6.24. The van der Waals surface area contributed by atoms with Gasteiger partial charge in [-0.3, -0.25) is 0 Å². The maximum absolute atomic E-state index is 8.82. The number of rotatable bonds is 3. The van der Waals surface area contributed by atoms with E-state index in [0.717, 1.165) is 13.0 Å². The molecular weight excluding hydrogens is 162 g/mol. The van der Waals surface area contributed by atoms with Crippen molar-refractivity contribution in [1.82, 2.24) is 9.80 Å². The van der Waals surface area contributed by atoms with Crippen molar-refractivity contribution in [3.05, 3.63) is 12.4 Å². The van der Waals surface area contributed by atoms with E-state index in [1.54, 1.807) is 0 Å². The Labute approximate surface area is 80.2 Å². The standard InChI is InChI=1S/C10H17N3/c1-4-10-12(5-2)6-7-13(10)9(3)8-11/h6-7,9-10H,4-5H2,1-3H3. The highest BCUT2D eigenvalue weighted by Gasteiger charge is 2.26. The van der Waals surface area contributed by atoms with Gasteiger partial charge in [0.25, 0.3) is 0 Å². The van der Waals surface area contributed by atoms with E-state index in [1.165, 1.54) is 0 Å². The number of hydrogen-bond donors (Lipinski definition) is 0. The summed E-state index contributed by atoms with van der Waals surface area (Å²) in [5.41, 5.74) is 0. The van der Waals surface area contributed by atoms with E-state index in [0.29, 0.717) is 6.17 Å². The van der Waals surface area contributed by atoms with Crippen molar-refractivity contribution in [3.8, 4) is 6.07 Å². The van der Waals surface area contributed by atoms with Crippen molar-refractivity contribution in [1.29, 1.82) is 5.26 Å². The lowest BCUT2D eigenvalue weighted by molar-refractivity contribution is 0.139. The molecule has 0 aromatic heterocycles. The first kappa shape index (κ1) is 9.91. The Balaban J connectivity index is 2.69. The molecular formula is C10H17N3. The minimum atomic E-state index is -0.0299. The lowest BCUT2D eigenvalue weighted by atomic mass is 10.2. The summed E-state index contributed by atoms with van der Waals surface area (Å²) in [4.78, 5) is 4.37. The lowest BCUT2D eigenvalue weighted by Crippen LogP contribution is -2.41. The molecule has 1 rings (SSSR count). The second kappa shape index (κ2) is 4.18. The smallest absolute Gasteiger partial charge is 0.115 e. The predicted octanol–water partition coefficient (Wildman–Crippen LogP) is 1.74. The van der Waals surface area contributed by atoms with E-state index in [2.05, 4.69) is 35.9 Å². The monoisotopic (exact) mass is 179 g/mol. The van der Waals surface area contributed by atoms with Crippen LogP contribution in [0.1, 0.15) is 27.2 Å². The van der Waals surface area contributed by atoms with Gasteiger partial charge in [-0.15, -0.1) is 0 Å². The van der Waals surface area contributed by atoms with Crippen LogP contribution in [0, 0.1) is 11.3 Å². The van der Waals surface area contributed by atoms with Crippen LogP contribution in [-0.2, 0) is 0 Å². The van der Waals surface area contributed by atoms with Crippen LogP contribution >= 0.6 is 0 Å². The molecule has 3 heteroatoms. The third kappa shape index (κ3) is 1.77. The molecule has 3 nitrogen and oxygen atoms in total. The first-order valence-corrected chi connectivity index (χ1v) is 4.85. The Morgan fingerprint density at radius 3 is 2.62 bits per heavy atom. The van der Waals surface area contributed by atoms with Crippen molar-refractivity contribution < 1.29 is 0 Å². The minimum Gasteiger partial charge on any atom is -0.356 e. The Hall–Kier alpha value is -1.17. The Kier molecular flexibility index (Phi) is 3.18. The fourth-order valence-electron chi connectivity index (χ4n) is 1.75. The molecule has 0 aromatic carbocycles. The van der Waals surface area contributed by atoms with E-state index in [4.69, 9.17) is 5.26 Å². The molecule has 0 amide bonds. The molecule has 0 aromatic rings. The topological polar surface area (TPSA) is 30.3 Å². The van der Waals surface area contributed by atoms with Gasteiger partial charge in [-0.25, -0.2) is 0 Å². The average molecular weight is 179 g/mol. The molecule has 0 aliphatic carbocycles. The molecule has 2 atom stereocenters. The van der Waals surface area contributed by atoms with Crippen LogP contribution in [0.4, 0.5) is 0 Å². The molecule has 72 valence electrons. The largest absolute Gasteiger partial charge is 0.356 e. The van der Waals surface area contributed by atoms with Crippen LogP contribution in [0.15, 0.2) is 12.4 Å². The molecule has 2 unspecified atom stereocenters. The van der Waals surface area contributed by atoms with Crippen molar-refractivity contribution in [2.45, 2.75) is 39.4 Å². The second-order valence-electron chi connectivity index (χ2n) is 3.27. The van der Waals surface area contributed by atoms with Crippen LogP contribution < -0.4 is 0 Å². The number of hydrogen-bond acceptors (Lipinski definition) is 3. The Morgan fingerprint density at radius 1 is 1.46 bits per heavy atom. The third-order valence-corrected chi connectivity index (χ3v) is 2.52. The summed E-state index contributed by atoms with van der Waals surface area (Å²) in [7, 11) is 0. The molecule has 0 saturated heterocycles. The van der Waals surface area contributed by atoms with Crippen LogP contribution in [-0.4, -0.2) is 28.6 Å². The summed E-state index contributed by atoms with van der Waals surface area (Å²) in [5, 5.41) is 8.82. The molecule has 0 spiro atoms. The van der Waals surface area contributed by atoms with Crippen molar-refractivity contribution in [3.63, 3.8) is 0 Å². The summed E-state index contributed by atoms with van der Waals surface area (Å²) >= 11 is 0. The summed E-state index contributed by atoms with van der Waals surface area (Å²) < 4.78 is 0. The summed E-state index contributed by atoms with van der Waals surface area (Å²) in [5.74, 6) is 0. The van der Waals surface area contributed by atoms with Gasteiger partial charge in [-0.1, -0.05) is 6.92 Å². The maximum atomic E-state index is 8.82. The van der Waals surface area contributed by atoms with E-state index >= 15 is 0 Å². The minimum absolute atomic E-state index is 0.0299. The summed E-state index contributed by atoms with van der Waals surface area (Å²) in [6, 6.07) is 2.23. The van der Waals surface area contributed by atoms with E-state index in [1.807, 2.05) is 13.1 Å². The zero-order chi connectivity index (χ0) is 9.84. The highest BCUT2D eigenvalue weighted by molar-refractivity contribution is 5.03. The molecule has 1 aliphatic heterocycles. The molecule has 1 heterocycles. The maximum Gasteiger partial charge on any atom is 0.115 e. The van der Waals surface area contributed by atoms with E-state index < -0.39 is 0 Å². The average Bonchev–Trinajstić information content (AvgIpc) is 2.58.